The summed E-state index contributed by atoms with van der Waals surface area (Å²) in [5.41, 5.74) is 8.07. The maximum absolute atomic E-state index is 8.07. The first-order valence-electron chi connectivity index (χ1n) is 8.51. The third-order valence-electron chi connectivity index (χ3n) is 2.79. The Morgan fingerprint density at radius 1 is 0.680 bits per heavy atom. The minimum absolute atomic E-state index is 0.347. The number of nitrogens with zero attached hydrogens (tertiary/aromatic N) is 3. The lowest BCUT2D eigenvalue weighted by Gasteiger charge is -2.08. The molecule has 0 bridgehead atoms. The van der Waals surface area contributed by atoms with E-state index in [9.17, 15) is 0 Å². The van der Waals surface area contributed by atoms with E-state index < -0.39 is 0 Å². The highest BCUT2D eigenvalue weighted by atomic mass is 16.5. The van der Waals surface area contributed by atoms with Crippen molar-refractivity contribution in [2.45, 2.75) is 0 Å². The molecule has 0 aromatic rings. The van der Waals surface area contributed by atoms with Crippen molar-refractivity contribution < 1.29 is 28.4 Å². The summed E-state index contributed by atoms with van der Waals surface area (Å²) in [7, 11) is 1.65. The number of azide groups is 1. The second-order valence-electron chi connectivity index (χ2n) is 4.76. The molecular formula is C15H32N4O6. The average Bonchev–Trinajstić information content (AvgIpc) is 2.63. The number of hydrogen-bond acceptors (Lipinski definition) is 8. The second-order valence-corrected chi connectivity index (χ2v) is 4.76. The van der Waals surface area contributed by atoms with Gasteiger partial charge < -0.3 is 33.7 Å². The van der Waals surface area contributed by atoms with Crippen LogP contribution in [0.3, 0.4) is 0 Å². The Hall–Kier alpha value is -0.970. The first kappa shape index (κ1) is 24.0. The molecule has 10 nitrogen and oxygen atoms in total. The number of methoxy groups -OCH3 is 1. The quantitative estimate of drug-likeness (QED) is 0.137. The average molecular weight is 364 g/mol. The van der Waals surface area contributed by atoms with Crippen LogP contribution in [-0.2, 0) is 28.4 Å². The molecule has 0 saturated carbocycles. The van der Waals surface area contributed by atoms with E-state index in [1.165, 1.54) is 0 Å². The molecule has 0 radical (unpaired) electrons. The van der Waals surface area contributed by atoms with Gasteiger partial charge in [0.05, 0.1) is 72.7 Å². The fourth-order valence-electron chi connectivity index (χ4n) is 1.57. The summed E-state index contributed by atoms with van der Waals surface area (Å²) in [6, 6.07) is 0. The molecule has 0 unspecified atom stereocenters. The van der Waals surface area contributed by atoms with Gasteiger partial charge >= 0.3 is 0 Å². The van der Waals surface area contributed by atoms with Crippen LogP contribution in [0.1, 0.15) is 0 Å². The molecule has 148 valence electrons. The van der Waals surface area contributed by atoms with Crippen molar-refractivity contribution in [3.05, 3.63) is 10.4 Å². The van der Waals surface area contributed by atoms with Crippen LogP contribution < -0.4 is 5.32 Å². The van der Waals surface area contributed by atoms with E-state index in [2.05, 4.69) is 15.3 Å². The van der Waals surface area contributed by atoms with Gasteiger partial charge in [-0.1, -0.05) is 5.11 Å². The van der Waals surface area contributed by atoms with Gasteiger partial charge in [-0.25, -0.2) is 0 Å². The predicted octanol–water partition coefficient (Wildman–Crippen LogP) is 0.616. The van der Waals surface area contributed by atoms with Crippen molar-refractivity contribution in [2.75, 3.05) is 99.4 Å². The Kier molecular flexibility index (Phi) is 22.1. The molecule has 10 heteroatoms. The predicted molar refractivity (Wildman–Crippen MR) is 92.9 cm³/mol. The molecular weight excluding hydrogens is 332 g/mol. The lowest BCUT2D eigenvalue weighted by Crippen LogP contribution is -2.25. The standard InChI is InChI=1S/C15H32N4O6/c1-20-8-9-24-13-10-21-5-2-17-3-6-22-11-14-25-15-12-23-7-4-18-19-16/h17H,2-15H2,1H3. The summed E-state index contributed by atoms with van der Waals surface area (Å²) in [5, 5.41) is 6.59. The van der Waals surface area contributed by atoms with Crippen molar-refractivity contribution >= 4 is 0 Å². The molecule has 0 fully saturated rings. The molecule has 0 spiro atoms. The molecule has 0 amide bonds. The van der Waals surface area contributed by atoms with Crippen LogP contribution in [0.4, 0.5) is 0 Å². The molecule has 0 aliphatic rings. The van der Waals surface area contributed by atoms with Crippen LogP contribution in [0.15, 0.2) is 5.11 Å². The summed E-state index contributed by atoms with van der Waals surface area (Å²) >= 11 is 0. The highest BCUT2D eigenvalue weighted by Gasteiger charge is 1.93. The van der Waals surface area contributed by atoms with Gasteiger partial charge in [-0.05, 0) is 5.53 Å². The largest absolute Gasteiger partial charge is 0.382 e. The van der Waals surface area contributed by atoms with Crippen LogP contribution in [-0.4, -0.2) is 99.4 Å². The second kappa shape index (κ2) is 23.0. The fourth-order valence-corrected chi connectivity index (χ4v) is 1.57. The van der Waals surface area contributed by atoms with Gasteiger partial charge in [0.2, 0.25) is 0 Å². The van der Waals surface area contributed by atoms with E-state index in [1.54, 1.807) is 7.11 Å². The van der Waals surface area contributed by atoms with Crippen molar-refractivity contribution in [1.82, 2.24) is 5.32 Å². The topological polar surface area (TPSA) is 116 Å². The first-order chi connectivity index (χ1) is 12.4. The number of hydrogen-bond donors (Lipinski definition) is 1. The van der Waals surface area contributed by atoms with Gasteiger partial charge in [0, 0.05) is 31.7 Å². The van der Waals surface area contributed by atoms with E-state index in [4.69, 9.17) is 34.0 Å². The number of nitrogens with one attached hydrogen (secondary N) is 1. The highest BCUT2D eigenvalue weighted by molar-refractivity contribution is 4.46. The summed E-state index contributed by atoms with van der Waals surface area (Å²) < 4.78 is 31.5. The lowest BCUT2D eigenvalue weighted by atomic mass is 10.6. The maximum Gasteiger partial charge on any atom is 0.0701 e. The molecule has 0 heterocycles. The van der Waals surface area contributed by atoms with Gasteiger partial charge in [-0.3, -0.25) is 0 Å². The summed E-state index contributed by atoms with van der Waals surface area (Å²) in [5.74, 6) is 0. The zero-order chi connectivity index (χ0) is 18.3. The van der Waals surface area contributed by atoms with Crippen molar-refractivity contribution in [3.63, 3.8) is 0 Å². The lowest BCUT2D eigenvalue weighted by molar-refractivity contribution is 0.0155. The fraction of sp³-hybridized carbons (Fsp3) is 1.00. The van der Waals surface area contributed by atoms with Crippen molar-refractivity contribution in [3.8, 4) is 0 Å². The number of rotatable bonds is 21. The van der Waals surface area contributed by atoms with Gasteiger partial charge in [0.15, 0.2) is 0 Å². The smallest absolute Gasteiger partial charge is 0.0701 e. The van der Waals surface area contributed by atoms with Gasteiger partial charge in [-0.2, -0.15) is 0 Å². The third-order valence-corrected chi connectivity index (χ3v) is 2.79. The van der Waals surface area contributed by atoms with Crippen LogP contribution in [0, 0.1) is 0 Å². The number of ether oxygens (including phenoxy) is 6. The zero-order valence-electron chi connectivity index (χ0n) is 15.2. The monoisotopic (exact) mass is 364 g/mol. The molecule has 0 rings (SSSR count). The Morgan fingerprint density at radius 2 is 1.12 bits per heavy atom. The van der Waals surface area contributed by atoms with Crippen LogP contribution in [0.5, 0.6) is 0 Å². The van der Waals surface area contributed by atoms with E-state index >= 15 is 0 Å². The van der Waals surface area contributed by atoms with Gasteiger partial charge in [0.1, 0.15) is 0 Å². The first-order valence-corrected chi connectivity index (χ1v) is 8.51. The SMILES string of the molecule is COCCOCCOCCNCCOCCOCCOCCN=[N+]=[N-]. The molecule has 0 aromatic carbocycles. The van der Waals surface area contributed by atoms with Gasteiger partial charge in [-0.15, -0.1) is 0 Å². The van der Waals surface area contributed by atoms with Crippen LogP contribution in [0.25, 0.3) is 10.4 Å². The molecule has 0 aliphatic heterocycles. The minimum Gasteiger partial charge on any atom is -0.382 e. The summed E-state index contributed by atoms with van der Waals surface area (Å²) in [4.78, 5) is 2.63. The Bertz CT molecular complexity index is 306. The molecule has 0 aliphatic carbocycles. The minimum atomic E-state index is 0.347. The van der Waals surface area contributed by atoms with E-state index in [0.717, 1.165) is 13.1 Å². The molecule has 0 atom stereocenters. The molecule has 25 heavy (non-hydrogen) atoms. The van der Waals surface area contributed by atoms with Crippen molar-refractivity contribution in [1.29, 1.82) is 0 Å². The van der Waals surface area contributed by atoms with Crippen LogP contribution in [0.2, 0.25) is 0 Å². The Balaban J connectivity index is 2.97. The molecule has 0 saturated heterocycles. The molecule has 1 N–H and O–H groups in total. The van der Waals surface area contributed by atoms with Crippen molar-refractivity contribution in [2.24, 2.45) is 5.11 Å². The van der Waals surface area contributed by atoms with Gasteiger partial charge in [0.25, 0.3) is 0 Å². The zero-order valence-corrected chi connectivity index (χ0v) is 15.2. The van der Waals surface area contributed by atoms with E-state index in [1.807, 2.05) is 0 Å². The van der Waals surface area contributed by atoms with E-state index in [0.29, 0.717) is 79.2 Å². The maximum atomic E-state index is 8.07. The summed E-state index contributed by atoms with van der Waals surface area (Å²) in [6.45, 7) is 8.07. The normalized spacial score (nSPS) is 10.8. The third kappa shape index (κ3) is 23.0. The van der Waals surface area contributed by atoms with E-state index in [-0.39, 0.29) is 0 Å². The Morgan fingerprint density at radius 3 is 1.60 bits per heavy atom. The Labute approximate surface area is 149 Å². The molecule has 0 aromatic heterocycles. The highest BCUT2D eigenvalue weighted by Crippen LogP contribution is 1.83. The van der Waals surface area contributed by atoms with Crippen LogP contribution >= 0.6 is 0 Å². The summed E-state index contributed by atoms with van der Waals surface area (Å²) in [6.07, 6.45) is 0.